The lowest BCUT2D eigenvalue weighted by Gasteiger charge is -2.27. The number of nitrogens with zero attached hydrogens (tertiary/aromatic N) is 2. The molecule has 0 aliphatic heterocycles. The Labute approximate surface area is 132 Å². The molecule has 0 radical (unpaired) electrons. The Morgan fingerprint density at radius 3 is 2.81 bits per heavy atom. The quantitative estimate of drug-likeness (QED) is 0.819. The van der Waals surface area contributed by atoms with Crippen LogP contribution in [0.1, 0.15) is 56.4 Å². The van der Waals surface area contributed by atoms with E-state index >= 15 is 0 Å². The van der Waals surface area contributed by atoms with E-state index in [1.807, 2.05) is 0 Å². The predicted molar refractivity (Wildman–Crippen MR) is 92.0 cm³/mol. The van der Waals surface area contributed by atoms with Crippen LogP contribution in [0.25, 0.3) is 0 Å². The largest absolute Gasteiger partial charge is 0.389 e. The molecular formula is C17H25N3S. The number of aryl methyl sites for hydroxylation is 2. The highest BCUT2D eigenvalue weighted by Gasteiger charge is 2.32. The van der Waals surface area contributed by atoms with Gasteiger partial charge in [-0.15, -0.1) is 0 Å². The van der Waals surface area contributed by atoms with E-state index in [0.717, 1.165) is 30.8 Å². The smallest absolute Gasteiger partial charge is 0.139 e. The van der Waals surface area contributed by atoms with Crippen molar-refractivity contribution in [2.24, 2.45) is 11.7 Å². The van der Waals surface area contributed by atoms with E-state index in [4.69, 9.17) is 22.9 Å². The molecule has 1 fully saturated rings. The maximum absolute atomic E-state index is 5.99. The van der Waals surface area contributed by atoms with Crippen LogP contribution in [0.3, 0.4) is 0 Å². The van der Waals surface area contributed by atoms with Gasteiger partial charge >= 0.3 is 0 Å². The molecule has 0 aromatic carbocycles. The van der Waals surface area contributed by atoms with Crippen LogP contribution in [-0.4, -0.2) is 22.6 Å². The average Bonchev–Trinajstić information content (AvgIpc) is 3.15. The number of pyridine rings is 1. The van der Waals surface area contributed by atoms with Crippen molar-refractivity contribution in [2.45, 2.75) is 58.4 Å². The van der Waals surface area contributed by atoms with Crippen molar-refractivity contribution in [3.8, 4) is 0 Å². The molecule has 2 aliphatic carbocycles. The van der Waals surface area contributed by atoms with E-state index in [9.17, 15) is 0 Å². The Bertz CT molecular complexity index is 549. The molecule has 0 unspecified atom stereocenters. The molecule has 1 aromatic heterocycles. The summed E-state index contributed by atoms with van der Waals surface area (Å²) in [6.07, 6.45) is 7.15. The lowest BCUT2D eigenvalue weighted by atomic mass is 10.1. The molecule has 0 atom stereocenters. The zero-order valence-electron chi connectivity index (χ0n) is 13.1. The van der Waals surface area contributed by atoms with Gasteiger partial charge in [-0.05, 0) is 56.1 Å². The Balaban J connectivity index is 1.95. The molecule has 0 amide bonds. The van der Waals surface area contributed by atoms with Gasteiger partial charge in [-0.2, -0.15) is 0 Å². The van der Waals surface area contributed by atoms with E-state index in [1.165, 1.54) is 36.9 Å². The van der Waals surface area contributed by atoms with Crippen molar-refractivity contribution in [1.82, 2.24) is 4.98 Å². The van der Waals surface area contributed by atoms with Crippen LogP contribution >= 0.6 is 12.2 Å². The minimum Gasteiger partial charge on any atom is -0.389 e. The van der Waals surface area contributed by atoms with Gasteiger partial charge < -0.3 is 10.6 Å². The van der Waals surface area contributed by atoms with Crippen molar-refractivity contribution in [3.63, 3.8) is 0 Å². The third-order valence-corrected chi connectivity index (χ3v) is 4.72. The second-order valence-electron chi connectivity index (χ2n) is 6.79. The summed E-state index contributed by atoms with van der Waals surface area (Å²) in [7, 11) is 0. The van der Waals surface area contributed by atoms with E-state index in [1.54, 1.807) is 0 Å². The molecule has 1 aromatic rings. The Morgan fingerprint density at radius 1 is 1.43 bits per heavy atom. The summed E-state index contributed by atoms with van der Waals surface area (Å²) in [4.78, 5) is 7.93. The fourth-order valence-corrected chi connectivity index (χ4v) is 3.26. The van der Waals surface area contributed by atoms with Gasteiger partial charge in [-0.1, -0.05) is 26.1 Å². The molecular weight excluding hydrogens is 278 g/mol. The van der Waals surface area contributed by atoms with Gasteiger partial charge in [0.05, 0.1) is 5.56 Å². The average molecular weight is 303 g/mol. The molecule has 2 aliphatic rings. The van der Waals surface area contributed by atoms with Gasteiger partial charge in [0.1, 0.15) is 10.8 Å². The van der Waals surface area contributed by atoms with E-state index < -0.39 is 0 Å². The monoisotopic (exact) mass is 303 g/mol. The molecule has 1 heterocycles. The number of anilines is 1. The van der Waals surface area contributed by atoms with Crippen LogP contribution in [-0.2, 0) is 12.8 Å². The molecule has 2 N–H and O–H groups in total. The molecule has 1 saturated carbocycles. The topological polar surface area (TPSA) is 42.2 Å². The first-order valence-corrected chi connectivity index (χ1v) is 8.56. The molecule has 0 bridgehead atoms. The van der Waals surface area contributed by atoms with Crippen LogP contribution < -0.4 is 10.6 Å². The molecule has 4 heteroatoms. The van der Waals surface area contributed by atoms with E-state index in [2.05, 4.69) is 24.8 Å². The summed E-state index contributed by atoms with van der Waals surface area (Å²) in [5, 5.41) is 0. The Morgan fingerprint density at radius 2 is 2.19 bits per heavy atom. The number of hydrogen-bond acceptors (Lipinski definition) is 3. The van der Waals surface area contributed by atoms with Crippen molar-refractivity contribution >= 4 is 23.0 Å². The minimum atomic E-state index is 0.488. The summed E-state index contributed by atoms with van der Waals surface area (Å²) in [5.74, 6) is 1.75. The van der Waals surface area contributed by atoms with Crippen molar-refractivity contribution < 1.29 is 0 Å². The number of rotatable bonds is 6. The van der Waals surface area contributed by atoms with Crippen LogP contribution in [0.15, 0.2) is 6.07 Å². The third kappa shape index (κ3) is 3.20. The zero-order valence-corrected chi connectivity index (χ0v) is 13.9. The summed E-state index contributed by atoms with van der Waals surface area (Å²) in [6.45, 7) is 5.61. The SMILES string of the molecule is CC(C)CCN(c1nc2c(cc1C(N)=S)CCC2)C1CC1. The second kappa shape index (κ2) is 5.91. The van der Waals surface area contributed by atoms with Crippen LogP contribution in [0.2, 0.25) is 0 Å². The molecule has 114 valence electrons. The third-order valence-electron chi connectivity index (χ3n) is 4.50. The fraction of sp³-hybridized carbons (Fsp3) is 0.647. The summed E-state index contributed by atoms with van der Waals surface area (Å²) >= 11 is 5.29. The van der Waals surface area contributed by atoms with Gasteiger partial charge in [0, 0.05) is 18.3 Å². The Kier molecular flexibility index (Phi) is 4.16. The number of thiocarbonyl (C=S) groups is 1. The zero-order chi connectivity index (χ0) is 15.0. The second-order valence-corrected chi connectivity index (χ2v) is 7.23. The highest BCUT2D eigenvalue weighted by atomic mass is 32.1. The lowest BCUT2D eigenvalue weighted by molar-refractivity contribution is 0.568. The first-order valence-electron chi connectivity index (χ1n) is 8.15. The summed E-state index contributed by atoms with van der Waals surface area (Å²) < 4.78 is 0. The minimum absolute atomic E-state index is 0.488. The van der Waals surface area contributed by atoms with Crippen molar-refractivity contribution in [3.05, 3.63) is 22.9 Å². The maximum atomic E-state index is 5.99. The van der Waals surface area contributed by atoms with Gasteiger partial charge in [-0.3, -0.25) is 0 Å². The molecule has 3 nitrogen and oxygen atoms in total. The molecule has 0 saturated heterocycles. The van der Waals surface area contributed by atoms with Crippen molar-refractivity contribution in [2.75, 3.05) is 11.4 Å². The van der Waals surface area contributed by atoms with Gasteiger partial charge in [-0.25, -0.2) is 4.98 Å². The highest BCUT2D eigenvalue weighted by Crippen LogP contribution is 2.35. The first-order chi connectivity index (χ1) is 10.1. The lowest BCUT2D eigenvalue weighted by Crippen LogP contribution is -2.31. The number of nitrogens with two attached hydrogens (primary N) is 1. The fourth-order valence-electron chi connectivity index (χ4n) is 3.11. The highest BCUT2D eigenvalue weighted by molar-refractivity contribution is 7.80. The standard InChI is InChI=1S/C17H25N3S/c1-11(2)8-9-20(13-6-7-13)17-14(16(18)21)10-12-4-3-5-15(12)19-17/h10-11,13H,3-9H2,1-2H3,(H2,18,21). The molecule has 21 heavy (non-hydrogen) atoms. The number of fused-ring (bicyclic) bond motifs is 1. The Hall–Kier alpha value is -1.16. The van der Waals surface area contributed by atoms with E-state index in [0.29, 0.717) is 16.9 Å². The molecule has 3 rings (SSSR count). The van der Waals surface area contributed by atoms with E-state index in [-0.39, 0.29) is 0 Å². The summed E-state index contributed by atoms with van der Waals surface area (Å²) in [5.41, 5.74) is 9.59. The van der Waals surface area contributed by atoms with Crippen LogP contribution in [0.5, 0.6) is 0 Å². The number of aromatic nitrogens is 1. The summed E-state index contributed by atoms with van der Waals surface area (Å²) in [6, 6.07) is 2.85. The predicted octanol–water partition coefficient (Wildman–Crippen LogP) is 3.22. The number of hydrogen-bond donors (Lipinski definition) is 1. The van der Waals surface area contributed by atoms with Crippen LogP contribution in [0.4, 0.5) is 5.82 Å². The normalized spacial score (nSPS) is 17.1. The van der Waals surface area contributed by atoms with Crippen LogP contribution in [0, 0.1) is 5.92 Å². The van der Waals surface area contributed by atoms with Crippen molar-refractivity contribution in [1.29, 1.82) is 0 Å². The van der Waals surface area contributed by atoms with Gasteiger partial charge in [0.15, 0.2) is 0 Å². The van der Waals surface area contributed by atoms with Gasteiger partial charge in [0.2, 0.25) is 0 Å². The first kappa shape index (κ1) is 14.8. The molecule has 0 spiro atoms. The maximum Gasteiger partial charge on any atom is 0.139 e. The van der Waals surface area contributed by atoms with Gasteiger partial charge in [0.25, 0.3) is 0 Å².